The van der Waals surface area contributed by atoms with Crippen molar-refractivity contribution in [1.29, 1.82) is 0 Å². The number of hydrogen-bond acceptors (Lipinski definition) is 5. The molecule has 2 aromatic carbocycles. The predicted molar refractivity (Wildman–Crippen MR) is 113 cm³/mol. The van der Waals surface area contributed by atoms with Gasteiger partial charge < -0.3 is 4.57 Å². The van der Waals surface area contributed by atoms with E-state index in [-0.39, 0.29) is 11.6 Å². The van der Waals surface area contributed by atoms with Crippen LogP contribution >= 0.6 is 22.7 Å². The lowest BCUT2D eigenvalue weighted by atomic mass is 10.1. The smallest absolute Gasteiger partial charge is 0.289 e. The van der Waals surface area contributed by atoms with Gasteiger partial charge in [0.1, 0.15) is 0 Å². The van der Waals surface area contributed by atoms with Crippen molar-refractivity contribution in [3.63, 3.8) is 0 Å². The number of fused-ring (bicyclic) bond motifs is 2. The molecule has 0 unspecified atom stereocenters. The van der Waals surface area contributed by atoms with Crippen molar-refractivity contribution in [1.82, 2.24) is 4.57 Å². The van der Waals surface area contributed by atoms with E-state index in [1.165, 1.54) is 34.8 Å². The number of non-ortho nitro benzene ring substituents is 1. The Labute approximate surface area is 168 Å². The molecule has 2 aromatic heterocycles. The van der Waals surface area contributed by atoms with E-state index in [9.17, 15) is 14.9 Å². The molecule has 0 radical (unpaired) electrons. The highest BCUT2D eigenvalue weighted by atomic mass is 32.1. The first kappa shape index (κ1) is 18.5. The van der Waals surface area contributed by atoms with Crippen LogP contribution in [0.3, 0.4) is 0 Å². The lowest BCUT2D eigenvalue weighted by Gasteiger charge is -2.04. The molecule has 0 aliphatic carbocycles. The molecule has 142 valence electrons. The van der Waals surface area contributed by atoms with Crippen LogP contribution < -0.4 is 4.80 Å². The number of thiophene rings is 1. The SMILES string of the molecule is CCn1c(=NC(=O)c2cc3cc([N+](=O)[O-])ccc3s2)sc2c(C)ccc(C)c21. The minimum atomic E-state index is -0.436. The quantitative estimate of drug-likeness (QED) is 0.343. The lowest BCUT2D eigenvalue weighted by Crippen LogP contribution is -2.16. The van der Waals surface area contributed by atoms with E-state index < -0.39 is 4.92 Å². The zero-order valence-electron chi connectivity index (χ0n) is 15.6. The summed E-state index contributed by atoms with van der Waals surface area (Å²) in [6, 6.07) is 10.5. The van der Waals surface area contributed by atoms with Gasteiger partial charge in [-0.1, -0.05) is 23.5 Å². The van der Waals surface area contributed by atoms with Gasteiger partial charge in [-0.3, -0.25) is 14.9 Å². The summed E-state index contributed by atoms with van der Waals surface area (Å²) in [5, 5.41) is 11.6. The molecule has 1 amide bonds. The minimum Gasteiger partial charge on any atom is -0.316 e. The normalized spacial score (nSPS) is 12.2. The maximum atomic E-state index is 12.8. The first-order valence-electron chi connectivity index (χ1n) is 8.75. The topological polar surface area (TPSA) is 77.5 Å². The number of thiazole rings is 1. The molecule has 0 aliphatic rings. The van der Waals surface area contributed by atoms with Crippen molar-refractivity contribution in [2.75, 3.05) is 0 Å². The van der Waals surface area contributed by atoms with Gasteiger partial charge in [0.2, 0.25) is 0 Å². The van der Waals surface area contributed by atoms with Crippen LogP contribution in [0.2, 0.25) is 0 Å². The Bertz CT molecular complexity index is 1330. The van der Waals surface area contributed by atoms with Gasteiger partial charge in [-0.25, -0.2) is 0 Å². The molecule has 6 nitrogen and oxygen atoms in total. The first-order chi connectivity index (χ1) is 13.4. The fourth-order valence-corrected chi connectivity index (χ4v) is 5.41. The third-order valence-corrected chi connectivity index (χ3v) is 6.98. The Morgan fingerprint density at radius 2 is 1.89 bits per heavy atom. The summed E-state index contributed by atoms with van der Waals surface area (Å²) in [5.41, 5.74) is 3.45. The molecule has 0 atom stereocenters. The van der Waals surface area contributed by atoms with Crippen LogP contribution in [0.4, 0.5) is 5.69 Å². The Morgan fingerprint density at radius 1 is 1.14 bits per heavy atom. The fraction of sp³-hybridized carbons (Fsp3) is 0.200. The molecule has 0 bridgehead atoms. The van der Waals surface area contributed by atoms with Gasteiger partial charge >= 0.3 is 0 Å². The zero-order valence-corrected chi connectivity index (χ0v) is 17.2. The summed E-state index contributed by atoms with van der Waals surface area (Å²) in [6.45, 7) is 6.87. The summed E-state index contributed by atoms with van der Waals surface area (Å²) in [6.07, 6.45) is 0. The van der Waals surface area contributed by atoms with Crippen molar-refractivity contribution in [3.8, 4) is 0 Å². The number of aryl methyl sites for hydroxylation is 3. The molecule has 28 heavy (non-hydrogen) atoms. The number of hydrogen-bond donors (Lipinski definition) is 0. The fourth-order valence-electron chi connectivity index (χ4n) is 3.25. The van der Waals surface area contributed by atoms with Gasteiger partial charge in [0.15, 0.2) is 4.80 Å². The molecular weight excluding hydrogens is 394 g/mol. The van der Waals surface area contributed by atoms with Crippen LogP contribution in [0.5, 0.6) is 0 Å². The van der Waals surface area contributed by atoms with E-state index in [1.807, 2.05) is 6.92 Å². The first-order valence-corrected chi connectivity index (χ1v) is 10.4. The average Bonchev–Trinajstić information content (AvgIpc) is 3.25. The molecule has 0 saturated heterocycles. The molecule has 0 N–H and O–H groups in total. The molecule has 8 heteroatoms. The van der Waals surface area contributed by atoms with E-state index in [0.29, 0.717) is 15.1 Å². The zero-order chi connectivity index (χ0) is 20.0. The molecule has 0 fully saturated rings. The van der Waals surface area contributed by atoms with Crippen LogP contribution in [0, 0.1) is 24.0 Å². The molecule has 4 rings (SSSR count). The maximum Gasteiger partial charge on any atom is 0.289 e. The number of rotatable bonds is 3. The molecule has 4 aromatic rings. The van der Waals surface area contributed by atoms with Gasteiger partial charge in [-0.2, -0.15) is 4.99 Å². The van der Waals surface area contributed by atoms with Crippen molar-refractivity contribution in [2.45, 2.75) is 27.3 Å². The number of nitro groups is 1. The summed E-state index contributed by atoms with van der Waals surface area (Å²) in [4.78, 5) is 28.9. The second-order valence-electron chi connectivity index (χ2n) is 6.51. The van der Waals surface area contributed by atoms with E-state index in [4.69, 9.17) is 0 Å². The van der Waals surface area contributed by atoms with Crippen molar-refractivity contribution < 1.29 is 9.72 Å². The highest BCUT2D eigenvalue weighted by Gasteiger charge is 2.15. The summed E-state index contributed by atoms with van der Waals surface area (Å²) in [7, 11) is 0. The summed E-state index contributed by atoms with van der Waals surface area (Å²) >= 11 is 2.82. The number of nitro benzene ring substituents is 1. The molecule has 0 aliphatic heterocycles. The van der Waals surface area contributed by atoms with Gasteiger partial charge in [-0.15, -0.1) is 11.3 Å². The molecule has 0 saturated carbocycles. The van der Waals surface area contributed by atoms with Crippen molar-refractivity contribution in [2.24, 2.45) is 4.99 Å². The Balaban J connectivity index is 1.84. The van der Waals surface area contributed by atoms with Crippen molar-refractivity contribution >= 4 is 54.6 Å². The van der Waals surface area contributed by atoms with E-state index in [0.717, 1.165) is 32.6 Å². The summed E-state index contributed by atoms with van der Waals surface area (Å²) in [5.74, 6) is -0.326. The average molecular weight is 412 g/mol. The van der Waals surface area contributed by atoms with Crippen LogP contribution in [0.1, 0.15) is 27.7 Å². The monoisotopic (exact) mass is 411 g/mol. The van der Waals surface area contributed by atoms with Crippen LogP contribution in [-0.2, 0) is 6.54 Å². The molecular formula is C20H17N3O3S2. The largest absolute Gasteiger partial charge is 0.316 e. The van der Waals surface area contributed by atoms with E-state index in [2.05, 4.69) is 35.5 Å². The molecule has 0 spiro atoms. The number of carbonyl (C=O) groups is 1. The van der Waals surface area contributed by atoms with Gasteiger partial charge in [0, 0.05) is 28.8 Å². The number of nitrogens with zero attached hydrogens (tertiary/aromatic N) is 3. The lowest BCUT2D eigenvalue weighted by molar-refractivity contribution is -0.384. The second-order valence-corrected chi connectivity index (χ2v) is 8.57. The second kappa shape index (κ2) is 6.96. The van der Waals surface area contributed by atoms with E-state index >= 15 is 0 Å². The van der Waals surface area contributed by atoms with Gasteiger partial charge in [-0.05, 0) is 44.0 Å². The number of carbonyl (C=O) groups excluding carboxylic acids is 1. The van der Waals surface area contributed by atoms with Crippen LogP contribution in [0.15, 0.2) is 41.4 Å². The van der Waals surface area contributed by atoms with Crippen LogP contribution in [-0.4, -0.2) is 15.4 Å². The maximum absolute atomic E-state index is 12.8. The van der Waals surface area contributed by atoms with Gasteiger partial charge in [0.05, 0.1) is 20.0 Å². The van der Waals surface area contributed by atoms with Crippen LogP contribution in [0.25, 0.3) is 20.3 Å². The third kappa shape index (κ3) is 3.04. The number of benzene rings is 2. The highest BCUT2D eigenvalue weighted by Crippen LogP contribution is 2.30. The standard InChI is InChI=1S/C20H17N3O3S2/c1-4-22-17-11(2)5-6-12(3)18(17)28-20(22)21-19(24)16-10-13-9-14(23(25)26)7-8-15(13)27-16/h5-10H,4H2,1-3H3. The highest BCUT2D eigenvalue weighted by molar-refractivity contribution is 7.21. The number of aromatic nitrogens is 1. The third-order valence-electron chi connectivity index (χ3n) is 4.66. The number of amides is 1. The molecule has 2 heterocycles. The predicted octanol–water partition coefficient (Wildman–Crippen LogP) is 5.20. The Morgan fingerprint density at radius 3 is 2.61 bits per heavy atom. The van der Waals surface area contributed by atoms with Crippen molar-refractivity contribution in [3.05, 3.63) is 67.3 Å². The Kier molecular flexibility index (Phi) is 4.60. The minimum absolute atomic E-state index is 0.0144. The Hall–Kier alpha value is -2.84. The van der Waals surface area contributed by atoms with E-state index in [1.54, 1.807) is 12.1 Å². The summed E-state index contributed by atoms with van der Waals surface area (Å²) < 4.78 is 4.04. The van der Waals surface area contributed by atoms with Gasteiger partial charge in [0.25, 0.3) is 11.6 Å².